The second-order valence-corrected chi connectivity index (χ2v) is 7.85. The first-order chi connectivity index (χ1) is 11.7. The minimum Gasteiger partial charge on any atom is -0.481 e. The number of thioether (sulfide) groups is 1. The summed E-state index contributed by atoms with van der Waals surface area (Å²) in [5.41, 5.74) is 2.37. The van der Waals surface area contributed by atoms with Gasteiger partial charge in [-0.1, -0.05) is 48.5 Å². The van der Waals surface area contributed by atoms with Crippen LogP contribution in [0, 0.1) is 0 Å². The molecular formula is C20H18O2S2. The van der Waals surface area contributed by atoms with E-state index in [1.165, 1.54) is 16.0 Å². The number of rotatable bonds is 7. The van der Waals surface area contributed by atoms with E-state index in [-0.39, 0.29) is 11.7 Å². The Bertz CT molecular complexity index is 765. The lowest BCUT2D eigenvalue weighted by Crippen LogP contribution is -2.13. The van der Waals surface area contributed by atoms with Crippen molar-refractivity contribution >= 4 is 29.1 Å². The third-order valence-electron chi connectivity index (χ3n) is 3.67. The molecule has 1 atom stereocenters. The third-order valence-corrected chi connectivity index (χ3v) is 5.80. The Labute approximate surface area is 150 Å². The summed E-state index contributed by atoms with van der Waals surface area (Å²) in [5, 5.41) is 11.3. The molecule has 2 nitrogen and oxygen atoms in total. The van der Waals surface area contributed by atoms with Gasteiger partial charge in [0.15, 0.2) is 0 Å². The van der Waals surface area contributed by atoms with Crippen LogP contribution in [0.2, 0.25) is 0 Å². The zero-order valence-corrected chi connectivity index (χ0v) is 14.7. The highest BCUT2D eigenvalue weighted by Gasteiger charge is 2.15. The molecule has 122 valence electrons. The molecule has 24 heavy (non-hydrogen) atoms. The number of aliphatic carboxylic acids is 1. The summed E-state index contributed by atoms with van der Waals surface area (Å²) in [6.07, 6.45) is 0.913. The lowest BCUT2D eigenvalue weighted by molar-refractivity contribution is -0.136. The molecule has 0 spiro atoms. The number of thiophene rings is 1. The molecule has 1 aromatic heterocycles. The highest BCUT2D eigenvalue weighted by Crippen LogP contribution is 2.31. The van der Waals surface area contributed by atoms with Crippen molar-refractivity contribution in [2.45, 2.75) is 23.0 Å². The van der Waals surface area contributed by atoms with Crippen LogP contribution in [-0.4, -0.2) is 16.3 Å². The highest BCUT2D eigenvalue weighted by molar-refractivity contribution is 8.00. The average molecular weight is 354 g/mol. The molecule has 1 heterocycles. The molecule has 0 aliphatic rings. The Hall–Kier alpha value is -2.04. The van der Waals surface area contributed by atoms with Gasteiger partial charge in [0.25, 0.3) is 0 Å². The summed E-state index contributed by atoms with van der Waals surface area (Å²) < 4.78 is 0. The van der Waals surface area contributed by atoms with Crippen molar-refractivity contribution in [1.82, 2.24) is 0 Å². The van der Waals surface area contributed by atoms with Crippen LogP contribution in [-0.2, 0) is 11.2 Å². The number of hydrogen-bond acceptors (Lipinski definition) is 3. The van der Waals surface area contributed by atoms with Crippen LogP contribution in [0.5, 0.6) is 0 Å². The Morgan fingerprint density at radius 1 is 1.00 bits per heavy atom. The van der Waals surface area contributed by atoms with Gasteiger partial charge in [-0.2, -0.15) is 0 Å². The van der Waals surface area contributed by atoms with E-state index in [1.54, 1.807) is 23.1 Å². The van der Waals surface area contributed by atoms with Crippen LogP contribution < -0.4 is 0 Å². The van der Waals surface area contributed by atoms with Gasteiger partial charge in [-0.25, -0.2) is 0 Å². The van der Waals surface area contributed by atoms with Crippen molar-refractivity contribution in [2.75, 3.05) is 0 Å². The smallest absolute Gasteiger partial charge is 0.304 e. The molecule has 0 aliphatic carbocycles. The van der Waals surface area contributed by atoms with Crippen LogP contribution >= 0.6 is 23.1 Å². The number of benzene rings is 2. The Balaban J connectivity index is 1.71. The third kappa shape index (κ3) is 4.73. The normalized spacial score (nSPS) is 12.0. The maximum Gasteiger partial charge on any atom is 0.304 e. The van der Waals surface area contributed by atoms with Crippen molar-refractivity contribution in [3.05, 3.63) is 77.7 Å². The summed E-state index contributed by atoms with van der Waals surface area (Å²) in [5.74, 6) is -0.751. The van der Waals surface area contributed by atoms with E-state index >= 15 is 0 Å². The van der Waals surface area contributed by atoms with Crippen molar-refractivity contribution in [3.8, 4) is 10.4 Å². The topological polar surface area (TPSA) is 37.3 Å². The molecule has 1 unspecified atom stereocenters. The fourth-order valence-corrected chi connectivity index (χ4v) is 4.47. The zero-order chi connectivity index (χ0) is 16.8. The number of carboxylic acid groups (broad SMARTS) is 1. The maximum atomic E-state index is 11.2. The molecule has 3 rings (SSSR count). The fourth-order valence-electron chi connectivity index (χ4n) is 2.56. The molecule has 2 aromatic carbocycles. The van der Waals surface area contributed by atoms with Crippen molar-refractivity contribution in [2.24, 2.45) is 0 Å². The van der Waals surface area contributed by atoms with Gasteiger partial charge in [0.2, 0.25) is 0 Å². The van der Waals surface area contributed by atoms with Gasteiger partial charge >= 0.3 is 5.97 Å². The van der Waals surface area contributed by atoms with Crippen LogP contribution in [0.3, 0.4) is 0 Å². The van der Waals surface area contributed by atoms with E-state index < -0.39 is 5.97 Å². The lowest BCUT2D eigenvalue weighted by atomic mass is 10.1. The molecule has 0 fully saturated rings. The van der Waals surface area contributed by atoms with Crippen molar-refractivity contribution in [3.63, 3.8) is 0 Å². The van der Waals surface area contributed by atoms with Gasteiger partial charge in [-0.3, -0.25) is 4.79 Å². The summed E-state index contributed by atoms with van der Waals surface area (Å²) in [6.45, 7) is 0. The standard InChI is InChI=1S/C20H18O2S2/c21-20(22)14-18(13-15-5-2-1-3-6-15)24-17-10-8-16(9-11-17)19-7-4-12-23-19/h1-12,18H,13-14H2,(H,21,22). The second-order valence-electron chi connectivity index (χ2n) is 5.53. The predicted octanol–water partition coefficient (Wildman–Crippen LogP) is 5.59. The quantitative estimate of drug-likeness (QED) is 0.562. The summed E-state index contributed by atoms with van der Waals surface area (Å²) in [7, 11) is 0. The minimum atomic E-state index is -0.751. The molecule has 0 radical (unpaired) electrons. The van der Waals surface area contributed by atoms with Crippen LogP contribution in [0.15, 0.2) is 77.0 Å². The molecule has 0 saturated carbocycles. The monoisotopic (exact) mass is 354 g/mol. The molecular weight excluding hydrogens is 336 g/mol. The number of carboxylic acids is 1. The molecule has 1 N–H and O–H groups in total. The van der Waals surface area contributed by atoms with Gasteiger partial charge in [-0.15, -0.1) is 23.1 Å². The fraction of sp³-hybridized carbons (Fsp3) is 0.150. The van der Waals surface area contributed by atoms with Crippen molar-refractivity contribution in [1.29, 1.82) is 0 Å². The van der Waals surface area contributed by atoms with Crippen molar-refractivity contribution < 1.29 is 9.90 Å². The molecule has 0 bridgehead atoms. The summed E-state index contributed by atoms with van der Waals surface area (Å²) in [4.78, 5) is 13.5. The minimum absolute atomic E-state index is 0.0255. The molecule has 3 aromatic rings. The first-order valence-corrected chi connectivity index (χ1v) is 9.53. The first-order valence-electron chi connectivity index (χ1n) is 7.77. The van der Waals surface area contributed by atoms with E-state index in [1.807, 2.05) is 24.3 Å². The van der Waals surface area contributed by atoms with Crippen LogP contribution in [0.4, 0.5) is 0 Å². The second kappa shape index (κ2) is 8.18. The SMILES string of the molecule is O=C(O)CC(Cc1ccccc1)Sc1ccc(-c2cccs2)cc1. The average Bonchev–Trinajstić information content (AvgIpc) is 3.10. The van der Waals surface area contributed by atoms with Gasteiger partial charge in [0.05, 0.1) is 6.42 Å². The molecule has 4 heteroatoms. The summed E-state index contributed by atoms with van der Waals surface area (Å²) in [6, 6.07) is 22.6. The summed E-state index contributed by atoms with van der Waals surface area (Å²) >= 11 is 3.36. The Morgan fingerprint density at radius 3 is 2.38 bits per heavy atom. The molecule has 0 aliphatic heterocycles. The number of carbonyl (C=O) groups is 1. The van der Waals surface area contributed by atoms with Crippen LogP contribution in [0.1, 0.15) is 12.0 Å². The first kappa shape index (κ1) is 16.8. The van der Waals surface area contributed by atoms with Gasteiger partial charge in [0.1, 0.15) is 0 Å². The van der Waals surface area contributed by atoms with Gasteiger partial charge in [-0.05, 0) is 41.1 Å². The molecule has 0 saturated heterocycles. The van der Waals surface area contributed by atoms with E-state index in [9.17, 15) is 9.90 Å². The number of hydrogen-bond donors (Lipinski definition) is 1. The van der Waals surface area contributed by atoms with E-state index in [0.717, 1.165) is 11.3 Å². The van der Waals surface area contributed by atoms with Crippen LogP contribution in [0.25, 0.3) is 10.4 Å². The van der Waals surface area contributed by atoms with E-state index in [2.05, 4.69) is 47.8 Å². The largest absolute Gasteiger partial charge is 0.481 e. The van der Waals surface area contributed by atoms with Gasteiger partial charge in [0, 0.05) is 15.0 Å². The van der Waals surface area contributed by atoms with E-state index in [0.29, 0.717) is 0 Å². The van der Waals surface area contributed by atoms with Gasteiger partial charge < -0.3 is 5.11 Å². The highest BCUT2D eigenvalue weighted by atomic mass is 32.2. The maximum absolute atomic E-state index is 11.2. The molecule has 0 amide bonds. The van der Waals surface area contributed by atoms with E-state index in [4.69, 9.17) is 0 Å². The zero-order valence-electron chi connectivity index (χ0n) is 13.1. The lowest BCUT2D eigenvalue weighted by Gasteiger charge is -2.15. The Kier molecular flexibility index (Phi) is 5.72. The Morgan fingerprint density at radius 2 is 1.75 bits per heavy atom. The predicted molar refractivity (Wildman–Crippen MR) is 102 cm³/mol.